The minimum Gasteiger partial charge on any atom is -0.361 e. The van der Waals surface area contributed by atoms with Crippen LogP contribution in [0.15, 0.2) is 79.0 Å². The maximum atomic E-state index is 12.4. The monoisotopic (exact) mass is 287 g/mol. The number of fused-ring (bicyclic) bond motifs is 1. The highest BCUT2D eigenvalue weighted by Gasteiger charge is 2.06. The second-order valence-corrected chi connectivity index (χ2v) is 5.18. The molecule has 3 aromatic carbocycles. The van der Waals surface area contributed by atoms with Crippen LogP contribution in [-0.4, -0.2) is 5.78 Å². The maximum absolute atomic E-state index is 12.4. The summed E-state index contributed by atoms with van der Waals surface area (Å²) in [5.74, 6) is -0.00196. The van der Waals surface area contributed by atoms with Gasteiger partial charge in [-0.25, -0.2) is 0 Å². The molecule has 0 heterocycles. The molecule has 0 fully saturated rings. The number of carbonyl (C=O) groups is 1. The number of nitrogens with one attached hydrogen (secondary N) is 1. The lowest BCUT2D eigenvalue weighted by Crippen LogP contribution is -1.98. The number of benzene rings is 3. The van der Waals surface area contributed by atoms with Gasteiger partial charge < -0.3 is 5.32 Å². The van der Waals surface area contributed by atoms with Crippen LogP contribution in [0, 0.1) is 6.92 Å². The lowest BCUT2D eigenvalue weighted by molar-refractivity contribution is 0.104. The third-order valence-corrected chi connectivity index (χ3v) is 3.67. The molecule has 2 heteroatoms. The summed E-state index contributed by atoms with van der Waals surface area (Å²) in [6, 6.07) is 21.7. The normalized spacial score (nSPS) is 11.0. The van der Waals surface area contributed by atoms with E-state index in [4.69, 9.17) is 0 Å². The van der Waals surface area contributed by atoms with Crippen molar-refractivity contribution in [2.45, 2.75) is 6.92 Å². The van der Waals surface area contributed by atoms with Crippen LogP contribution in [0.5, 0.6) is 0 Å². The molecule has 0 aromatic heterocycles. The fourth-order valence-electron chi connectivity index (χ4n) is 2.47. The number of aryl methyl sites for hydroxylation is 1. The van der Waals surface area contributed by atoms with Crippen molar-refractivity contribution >= 4 is 22.2 Å². The number of rotatable bonds is 4. The van der Waals surface area contributed by atoms with Crippen LogP contribution in [-0.2, 0) is 0 Å². The third-order valence-electron chi connectivity index (χ3n) is 3.67. The van der Waals surface area contributed by atoms with Crippen LogP contribution in [0.3, 0.4) is 0 Å². The van der Waals surface area contributed by atoms with Gasteiger partial charge in [0.1, 0.15) is 0 Å². The molecule has 0 saturated carbocycles. The zero-order valence-corrected chi connectivity index (χ0v) is 12.4. The van der Waals surface area contributed by atoms with Crippen LogP contribution in [0.1, 0.15) is 15.9 Å². The summed E-state index contributed by atoms with van der Waals surface area (Å²) in [5, 5.41) is 5.22. The zero-order valence-electron chi connectivity index (χ0n) is 12.4. The van der Waals surface area contributed by atoms with Crippen LogP contribution >= 0.6 is 0 Å². The van der Waals surface area contributed by atoms with Crippen molar-refractivity contribution < 1.29 is 4.79 Å². The van der Waals surface area contributed by atoms with E-state index >= 15 is 0 Å². The average Bonchev–Trinajstić information content (AvgIpc) is 2.56. The molecule has 3 rings (SSSR count). The van der Waals surface area contributed by atoms with E-state index in [2.05, 4.69) is 5.32 Å². The summed E-state index contributed by atoms with van der Waals surface area (Å²) in [6.45, 7) is 2.03. The Labute approximate surface area is 130 Å². The number of allylic oxidation sites excluding steroid dienone is 1. The molecule has 0 unspecified atom stereocenters. The van der Waals surface area contributed by atoms with Gasteiger partial charge in [0.25, 0.3) is 0 Å². The third kappa shape index (κ3) is 2.91. The SMILES string of the molecule is Cc1ccccc1N/C=C/C(=O)c1cccc2ccccc12. The molecular formula is C20H17NO. The topological polar surface area (TPSA) is 29.1 Å². The largest absolute Gasteiger partial charge is 0.361 e. The van der Waals surface area contributed by atoms with E-state index in [1.807, 2.05) is 73.7 Å². The highest BCUT2D eigenvalue weighted by molar-refractivity contribution is 6.13. The van der Waals surface area contributed by atoms with E-state index in [1.165, 1.54) is 0 Å². The molecule has 108 valence electrons. The molecule has 0 aliphatic rings. The van der Waals surface area contributed by atoms with Gasteiger partial charge >= 0.3 is 0 Å². The number of hydrogen-bond acceptors (Lipinski definition) is 2. The number of carbonyl (C=O) groups excluding carboxylic acids is 1. The van der Waals surface area contributed by atoms with Crippen LogP contribution in [0.2, 0.25) is 0 Å². The van der Waals surface area contributed by atoms with Gasteiger partial charge in [-0.1, -0.05) is 60.7 Å². The molecule has 0 spiro atoms. The second-order valence-electron chi connectivity index (χ2n) is 5.18. The van der Waals surface area contributed by atoms with Crippen LogP contribution in [0.25, 0.3) is 10.8 Å². The first-order valence-electron chi connectivity index (χ1n) is 7.26. The zero-order chi connectivity index (χ0) is 15.4. The number of para-hydroxylation sites is 1. The maximum Gasteiger partial charge on any atom is 0.187 e. The van der Waals surface area contributed by atoms with Gasteiger partial charge in [0.05, 0.1) is 0 Å². The van der Waals surface area contributed by atoms with E-state index in [0.29, 0.717) is 0 Å². The quantitative estimate of drug-likeness (QED) is 0.543. The summed E-state index contributed by atoms with van der Waals surface area (Å²) >= 11 is 0. The van der Waals surface area contributed by atoms with Gasteiger partial charge in [-0.2, -0.15) is 0 Å². The number of ketones is 1. The van der Waals surface area contributed by atoms with E-state index in [1.54, 1.807) is 12.3 Å². The Kier molecular flexibility index (Phi) is 4.01. The Balaban J connectivity index is 1.82. The molecule has 2 nitrogen and oxygen atoms in total. The van der Waals surface area contributed by atoms with Crippen molar-refractivity contribution in [1.29, 1.82) is 0 Å². The molecule has 0 radical (unpaired) electrons. The van der Waals surface area contributed by atoms with E-state index in [9.17, 15) is 4.79 Å². The van der Waals surface area contributed by atoms with Crippen LogP contribution in [0.4, 0.5) is 5.69 Å². The number of anilines is 1. The average molecular weight is 287 g/mol. The first-order valence-corrected chi connectivity index (χ1v) is 7.26. The first kappa shape index (κ1) is 14.1. The predicted molar refractivity (Wildman–Crippen MR) is 92.2 cm³/mol. The fourth-order valence-corrected chi connectivity index (χ4v) is 2.47. The molecule has 3 aromatic rings. The molecular weight excluding hydrogens is 270 g/mol. The van der Waals surface area contributed by atoms with E-state index in [-0.39, 0.29) is 5.78 Å². The van der Waals surface area contributed by atoms with Gasteiger partial charge in [0.2, 0.25) is 0 Å². The van der Waals surface area contributed by atoms with Crippen molar-refractivity contribution in [3.05, 3.63) is 90.1 Å². The summed E-state index contributed by atoms with van der Waals surface area (Å²) in [5.41, 5.74) is 2.87. The fraction of sp³-hybridized carbons (Fsp3) is 0.0500. The van der Waals surface area contributed by atoms with E-state index < -0.39 is 0 Å². The summed E-state index contributed by atoms with van der Waals surface area (Å²) in [4.78, 5) is 12.4. The van der Waals surface area contributed by atoms with Gasteiger partial charge in [0.15, 0.2) is 5.78 Å². The van der Waals surface area contributed by atoms with Crippen LogP contribution < -0.4 is 5.32 Å². The smallest absolute Gasteiger partial charge is 0.187 e. The molecule has 1 N–H and O–H groups in total. The van der Waals surface area contributed by atoms with Gasteiger partial charge in [-0.05, 0) is 29.3 Å². The van der Waals surface area contributed by atoms with Crippen molar-refractivity contribution in [1.82, 2.24) is 0 Å². The second kappa shape index (κ2) is 6.27. The molecule has 0 saturated heterocycles. The Morgan fingerprint density at radius 1 is 0.909 bits per heavy atom. The number of hydrogen-bond donors (Lipinski definition) is 1. The van der Waals surface area contributed by atoms with E-state index in [0.717, 1.165) is 27.6 Å². The lowest BCUT2D eigenvalue weighted by atomic mass is 10.0. The van der Waals surface area contributed by atoms with Crippen molar-refractivity contribution in [2.24, 2.45) is 0 Å². The molecule has 0 amide bonds. The van der Waals surface area contributed by atoms with Gasteiger partial charge in [-0.15, -0.1) is 0 Å². The Bertz CT molecular complexity index is 844. The predicted octanol–water partition coefficient (Wildman–Crippen LogP) is 4.96. The minimum absolute atomic E-state index is 0.00196. The Morgan fingerprint density at radius 3 is 2.50 bits per heavy atom. The summed E-state index contributed by atoms with van der Waals surface area (Å²) < 4.78 is 0. The first-order chi connectivity index (χ1) is 10.8. The molecule has 0 bridgehead atoms. The highest BCUT2D eigenvalue weighted by atomic mass is 16.1. The standard InChI is InChI=1S/C20H17NO/c1-15-7-2-5-12-19(15)21-14-13-20(22)18-11-6-9-16-8-3-4-10-17(16)18/h2-14,21H,1H3/b14-13+. The Morgan fingerprint density at radius 2 is 1.64 bits per heavy atom. The highest BCUT2D eigenvalue weighted by Crippen LogP contribution is 2.19. The summed E-state index contributed by atoms with van der Waals surface area (Å²) in [6.07, 6.45) is 3.28. The van der Waals surface area contributed by atoms with Crippen molar-refractivity contribution in [3.63, 3.8) is 0 Å². The minimum atomic E-state index is -0.00196. The Hall–Kier alpha value is -2.87. The van der Waals surface area contributed by atoms with Gasteiger partial charge in [-0.3, -0.25) is 4.79 Å². The molecule has 0 atom stereocenters. The molecule has 0 aliphatic heterocycles. The summed E-state index contributed by atoms with van der Waals surface area (Å²) in [7, 11) is 0. The lowest BCUT2D eigenvalue weighted by Gasteiger charge is -2.05. The molecule has 0 aliphatic carbocycles. The van der Waals surface area contributed by atoms with Crippen molar-refractivity contribution in [2.75, 3.05) is 5.32 Å². The van der Waals surface area contributed by atoms with Crippen molar-refractivity contribution in [3.8, 4) is 0 Å². The van der Waals surface area contributed by atoms with Gasteiger partial charge in [0, 0.05) is 23.5 Å². The molecule has 22 heavy (non-hydrogen) atoms.